The van der Waals surface area contributed by atoms with Gasteiger partial charge in [0, 0.05) is 19.6 Å². The maximum absolute atomic E-state index is 9.02. The molecule has 6 heteroatoms. The molecule has 0 radical (unpaired) electrons. The summed E-state index contributed by atoms with van der Waals surface area (Å²) >= 11 is 0. The van der Waals surface area contributed by atoms with Crippen molar-refractivity contribution < 1.29 is 14.9 Å². The Labute approximate surface area is 100 Å². The second-order valence-electron chi connectivity index (χ2n) is 4.12. The standard InChI is InChI=1S/C11H19N3O3/c15-4-6-17-5-3-13-1-2-14-11(8-13)7-10(9-16)12-14/h7,15-16H,1-6,8-9H2. The maximum atomic E-state index is 9.02. The highest BCUT2D eigenvalue weighted by Gasteiger charge is 2.17. The Bertz CT molecular complexity index is 354. The lowest BCUT2D eigenvalue weighted by Gasteiger charge is -2.27. The zero-order valence-corrected chi connectivity index (χ0v) is 9.88. The quantitative estimate of drug-likeness (QED) is 0.638. The van der Waals surface area contributed by atoms with Gasteiger partial charge in [0.2, 0.25) is 0 Å². The van der Waals surface area contributed by atoms with Crippen molar-refractivity contribution in [1.82, 2.24) is 14.7 Å². The Kier molecular flexibility index (Phi) is 4.49. The van der Waals surface area contributed by atoms with Gasteiger partial charge in [-0.2, -0.15) is 5.10 Å². The topological polar surface area (TPSA) is 70.8 Å². The Hall–Kier alpha value is -0.950. The monoisotopic (exact) mass is 241 g/mol. The van der Waals surface area contributed by atoms with Crippen LogP contribution in [-0.4, -0.2) is 57.8 Å². The molecular formula is C11H19N3O3. The van der Waals surface area contributed by atoms with E-state index >= 15 is 0 Å². The highest BCUT2D eigenvalue weighted by atomic mass is 16.5. The average molecular weight is 241 g/mol. The minimum absolute atomic E-state index is 0.000386. The summed E-state index contributed by atoms with van der Waals surface area (Å²) in [5, 5.41) is 21.9. The van der Waals surface area contributed by atoms with E-state index in [2.05, 4.69) is 10.00 Å². The van der Waals surface area contributed by atoms with Crippen LogP contribution in [0.4, 0.5) is 0 Å². The van der Waals surface area contributed by atoms with Crippen LogP contribution in [-0.2, 0) is 24.4 Å². The highest BCUT2D eigenvalue weighted by molar-refractivity contribution is 5.11. The van der Waals surface area contributed by atoms with Crippen LogP contribution < -0.4 is 0 Å². The van der Waals surface area contributed by atoms with E-state index in [9.17, 15) is 0 Å². The van der Waals surface area contributed by atoms with E-state index in [-0.39, 0.29) is 13.2 Å². The summed E-state index contributed by atoms with van der Waals surface area (Å²) in [6.07, 6.45) is 0. The first-order valence-corrected chi connectivity index (χ1v) is 5.91. The molecule has 0 aromatic carbocycles. The first-order valence-electron chi connectivity index (χ1n) is 5.91. The molecule has 0 atom stereocenters. The van der Waals surface area contributed by atoms with Gasteiger partial charge in [0.25, 0.3) is 0 Å². The number of fused-ring (bicyclic) bond motifs is 1. The fraction of sp³-hybridized carbons (Fsp3) is 0.727. The van der Waals surface area contributed by atoms with Crippen molar-refractivity contribution in [2.24, 2.45) is 0 Å². The van der Waals surface area contributed by atoms with Crippen LogP contribution in [0.2, 0.25) is 0 Å². The largest absolute Gasteiger partial charge is 0.394 e. The van der Waals surface area contributed by atoms with Crippen molar-refractivity contribution in [3.05, 3.63) is 17.5 Å². The highest BCUT2D eigenvalue weighted by Crippen LogP contribution is 2.13. The molecule has 17 heavy (non-hydrogen) atoms. The first kappa shape index (κ1) is 12.5. The number of rotatable bonds is 6. The Balaban J connectivity index is 1.81. The van der Waals surface area contributed by atoms with Crippen LogP contribution in [0.3, 0.4) is 0 Å². The van der Waals surface area contributed by atoms with Crippen LogP contribution in [0.1, 0.15) is 11.4 Å². The average Bonchev–Trinajstić information content (AvgIpc) is 2.77. The molecule has 2 N–H and O–H groups in total. The summed E-state index contributed by atoms with van der Waals surface area (Å²) in [5.41, 5.74) is 1.88. The summed E-state index contributed by atoms with van der Waals surface area (Å²) in [5.74, 6) is 0. The van der Waals surface area contributed by atoms with E-state index in [4.69, 9.17) is 14.9 Å². The van der Waals surface area contributed by atoms with Gasteiger partial charge < -0.3 is 14.9 Å². The lowest BCUT2D eigenvalue weighted by molar-refractivity contribution is 0.0670. The number of hydrogen-bond acceptors (Lipinski definition) is 5. The van der Waals surface area contributed by atoms with Crippen LogP contribution in [0.5, 0.6) is 0 Å². The van der Waals surface area contributed by atoms with Crippen molar-refractivity contribution in [3.8, 4) is 0 Å². The lowest BCUT2D eigenvalue weighted by Crippen LogP contribution is -2.36. The fourth-order valence-electron chi connectivity index (χ4n) is 2.01. The van der Waals surface area contributed by atoms with Gasteiger partial charge in [-0.3, -0.25) is 9.58 Å². The molecule has 2 heterocycles. The predicted molar refractivity (Wildman–Crippen MR) is 61.3 cm³/mol. The minimum Gasteiger partial charge on any atom is -0.394 e. The number of nitrogens with zero attached hydrogens (tertiary/aromatic N) is 3. The molecule has 6 nitrogen and oxygen atoms in total. The maximum Gasteiger partial charge on any atom is 0.0882 e. The smallest absolute Gasteiger partial charge is 0.0882 e. The summed E-state index contributed by atoms with van der Waals surface area (Å²) in [4.78, 5) is 2.29. The molecule has 96 valence electrons. The van der Waals surface area contributed by atoms with Gasteiger partial charge >= 0.3 is 0 Å². The van der Waals surface area contributed by atoms with Crippen molar-refractivity contribution in [2.75, 3.05) is 32.9 Å². The number of aromatic nitrogens is 2. The van der Waals surface area contributed by atoms with Gasteiger partial charge in [-0.15, -0.1) is 0 Å². The molecule has 1 aliphatic heterocycles. The van der Waals surface area contributed by atoms with Gasteiger partial charge in [-0.05, 0) is 6.07 Å². The van der Waals surface area contributed by atoms with Crippen molar-refractivity contribution in [2.45, 2.75) is 19.7 Å². The molecule has 0 bridgehead atoms. The second kappa shape index (κ2) is 6.11. The molecule has 0 aliphatic carbocycles. The van der Waals surface area contributed by atoms with Crippen LogP contribution in [0.15, 0.2) is 6.07 Å². The van der Waals surface area contributed by atoms with Crippen LogP contribution in [0.25, 0.3) is 0 Å². The van der Waals surface area contributed by atoms with Gasteiger partial charge in [0.1, 0.15) is 0 Å². The zero-order valence-electron chi connectivity index (χ0n) is 9.88. The number of aliphatic hydroxyl groups is 2. The molecule has 0 fully saturated rings. The van der Waals surface area contributed by atoms with Crippen molar-refractivity contribution in [1.29, 1.82) is 0 Å². The molecular weight excluding hydrogens is 222 g/mol. The molecule has 1 aliphatic rings. The molecule has 0 saturated heterocycles. The van der Waals surface area contributed by atoms with E-state index in [1.165, 1.54) is 0 Å². The van der Waals surface area contributed by atoms with Gasteiger partial charge in [-0.25, -0.2) is 0 Å². The minimum atomic E-state index is -0.000386. The van der Waals surface area contributed by atoms with Gasteiger partial charge in [0.15, 0.2) is 0 Å². The second-order valence-corrected chi connectivity index (χ2v) is 4.12. The molecule has 1 aromatic rings. The normalized spacial score (nSPS) is 16.1. The van der Waals surface area contributed by atoms with E-state index in [1.807, 2.05) is 10.7 Å². The number of hydrogen-bond donors (Lipinski definition) is 2. The molecule has 0 amide bonds. The molecule has 0 unspecified atom stereocenters. The predicted octanol–water partition coefficient (Wildman–Crippen LogP) is -0.800. The van der Waals surface area contributed by atoms with Crippen molar-refractivity contribution >= 4 is 0 Å². The zero-order chi connectivity index (χ0) is 12.1. The summed E-state index contributed by atoms with van der Waals surface area (Å²) < 4.78 is 7.20. The van der Waals surface area contributed by atoms with E-state index in [0.29, 0.717) is 13.2 Å². The van der Waals surface area contributed by atoms with Crippen LogP contribution in [0, 0.1) is 0 Å². The summed E-state index contributed by atoms with van der Waals surface area (Å²) in [6.45, 7) is 4.63. The van der Waals surface area contributed by atoms with E-state index in [1.54, 1.807) is 0 Å². The van der Waals surface area contributed by atoms with Crippen molar-refractivity contribution in [3.63, 3.8) is 0 Å². The Morgan fingerprint density at radius 1 is 1.29 bits per heavy atom. The van der Waals surface area contributed by atoms with E-state index < -0.39 is 0 Å². The number of aliphatic hydroxyl groups excluding tert-OH is 2. The molecule has 0 spiro atoms. The lowest BCUT2D eigenvalue weighted by atomic mass is 10.3. The first-order chi connectivity index (χ1) is 8.33. The fourth-order valence-corrected chi connectivity index (χ4v) is 2.01. The van der Waals surface area contributed by atoms with Gasteiger partial charge in [0.05, 0.1) is 44.4 Å². The molecule has 1 aromatic heterocycles. The SMILES string of the molecule is OCCOCCN1CCn2nc(CO)cc2C1. The van der Waals surface area contributed by atoms with Gasteiger partial charge in [-0.1, -0.05) is 0 Å². The van der Waals surface area contributed by atoms with E-state index in [0.717, 1.165) is 37.6 Å². The van der Waals surface area contributed by atoms with Crippen LogP contribution >= 0.6 is 0 Å². The third kappa shape index (κ3) is 3.26. The Morgan fingerprint density at radius 2 is 2.18 bits per heavy atom. The molecule has 0 saturated carbocycles. The Morgan fingerprint density at radius 3 is 2.94 bits per heavy atom. The molecule has 2 rings (SSSR count). The summed E-state index contributed by atoms with van der Waals surface area (Å²) in [6, 6.07) is 1.95. The summed E-state index contributed by atoms with van der Waals surface area (Å²) in [7, 11) is 0. The third-order valence-electron chi connectivity index (χ3n) is 2.88. The third-order valence-corrected chi connectivity index (χ3v) is 2.88. The number of ether oxygens (including phenoxy) is 1.